The molecule has 0 saturated carbocycles. The molecule has 1 aliphatic rings. The van der Waals surface area contributed by atoms with Crippen LogP contribution in [0.2, 0.25) is 0 Å². The predicted molar refractivity (Wildman–Crippen MR) is 128 cm³/mol. The second-order valence-corrected chi connectivity index (χ2v) is 9.01. The van der Waals surface area contributed by atoms with Gasteiger partial charge in [-0.1, -0.05) is 23.5 Å². The van der Waals surface area contributed by atoms with Crippen molar-refractivity contribution in [1.82, 2.24) is 20.4 Å². The molecule has 2 aromatic carbocycles. The number of nitrogens with zero attached hydrogens (tertiary/aromatic N) is 3. The summed E-state index contributed by atoms with van der Waals surface area (Å²) < 4.78 is 18.1. The minimum atomic E-state index is -0.469. The molecule has 11 heteroatoms. The van der Waals surface area contributed by atoms with E-state index in [-0.39, 0.29) is 46.7 Å². The summed E-state index contributed by atoms with van der Waals surface area (Å²) in [7, 11) is 1.55. The van der Waals surface area contributed by atoms with Crippen LogP contribution in [0.15, 0.2) is 48.5 Å². The fourth-order valence-electron chi connectivity index (χ4n) is 3.71. The number of halogens is 1. The first-order valence-electron chi connectivity index (χ1n) is 11.0. The fourth-order valence-corrected chi connectivity index (χ4v) is 4.41. The predicted octanol–water partition coefficient (Wildman–Crippen LogP) is 3.11. The van der Waals surface area contributed by atoms with Crippen LogP contribution in [0.3, 0.4) is 0 Å². The van der Waals surface area contributed by atoms with Gasteiger partial charge in [0, 0.05) is 25.3 Å². The summed E-state index contributed by atoms with van der Waals surface area (Å²) in [6, 6.07) is 12.7. The summed E-state index contributed by atoms with van der Waals surface area (Å²) in [4.78, 5) is 39.7. The van der Waals surface area contributed by atoms with Gasteiger partial charge in [-0.25, -0.2) is 4.39 Å². The van der Waals surface area contributed by atoms with E-state index in [1.165, 1.54) is 12.1 Å². The lowest BCUT2D eigenvalue weighted by Crippen LogP contribution is -2.45. The monoisotopic (exact) mass is 497 g/mol. The number of carbonyl (C=O) groups excluding carboxylic acids is 3. The van der Waals surface area contributed by atoms with Crippen molar-refractivity contribution in [1.29, 1.82) is 0 Å². The normalized spacial score (nSPS) is 15.4. The Kier molecular flexibility index (Phi) is 7.66. The largest absolute Gasteiger partial charge is 0.497 e. The summed E-state index contributed by atoms with van der Waals surface area (Å²) in [5, 5.41) is 13.5. The Balaban J connectivity index is 1.32. The summed E-state index contributed by atoms with van der Waals surface area (Å²) in [5.41, 5.74) is 1.35. The molecule has 0 spiro atoms. The van der Waals surface area contributed by atoms with E-state index >= 15 is 0 Å². The van der Waals surface area contributed by atoms with Gasteiger partial charge in [-0.2, -0.15) is 0 Å². The van der Waals surface area contributed by atoms with Gasteiger partial charge in [-0.15, -0.1) is 10.2 Å². The first kappa shape index (κ1) is 24.3. The molecule has 2 N–H and O–H groups in total. The molecule has 1 atom stereocenters. The van der Waals surface area contributed by atoms with Gasteiger partial charge in [0.2, 0.25) is 15.9 Å². The lowest BCUT2D eigenvalue weighted by Gasteiger charge is -2.31. The summed E-state index contributed by atoms with van der Waals surface area (Å²) in [5.74, 6) is -1.02. The number of aromatic nitrogens is 2. The Morgan fingerprint density at radius 1 is 1.09 bits per heavy atom. The van der Waals surface area contributed by atoms with Crippen molar-refractivity contribution in [3.63, 3.8) is 0 Å². The number of hydrogen-bond acceptors (Lipinski definition) is 7. The third kappa shape index (κ3) is 6.18. The number of carbonyl (C=O) groups is 3. The third-order valence-corrected chi connectivity index (χ3v) is 6.52. The van der Waals surface area contributed by atoms with Gasteiger partial charge in [-0.05, 0) is 54.8 Å². The van der Waals surface area contributed by atoms with Crippen LogP contribution in [-0.2, 0) is 11.3 Å². The van der Waals surface area contributed by atoms with Crippen molar-refractivity contribution >= 4 is 34.7 Å². The number of rotatable bonds is 7. The van der Waals surface area contributed by atoms with Gasteiger partial charge >= 0.3 is 0 Å². The molecular weight excluding hydrogens is 473 g/mol. The molecule has 2 heterocycles. The highest BCUT2D eigenvalue weighted by molar-refractivity contribution is 7.15. The van der Waals surface area contributed by atoms with E-state index in [1.54, 1.807) is 48.4 Å². The van der Waals surface area contributed by atoms with Crippen LogP contribution < -0.4 is 15.4 Å². The maximum absolute atomic E-state index is 13.0. The fraction of sp³-hybridized carbons (Fsp3) is 0.292. The van der Waals surface area contributed by atoms with Crippen LogP contribution in [0.5, 0.6) is 5.75 Å². The first-order valence-corrected chi connectivity index (χ1v) is 11.8. The number of nitrogens with one attached hydrogen (secondary N) is 2. The zero-order valence-electron chi connectivity index (χ0n) is 19.0. The Morgan fingerprint density at radius 2 is 1.80 bits per heavy atom. The van der Waals surface area contributed by atoms with Gasteiger partial charge in [-0.3, -0.25) is 14.4 Å². The lowest BCUT2D eigenvalue weighted by molar-refractivity contribution is -0.126. The molecule has 0 aliphatic carbocycles. The van der Waals surface area contributed by atoms with E-state index in [0.29, 0.717) is 30.8 Å². The number of likely N-dealkylation sites (tertiary alicyclic amines) is 1. The smallest absolute Gasteiger partial charge is 0.286 e. The maximum atomic E-state index is 13.0. The molecule has 1 aromatic heterocycles. The minimum Gasteiger partial charge on any atom is -0.497 e. The van der Waals surface area contributed by atoms with Crippen LogP contribution >= 0.6 is 11.3 Å². The first-order chi connectivity index (χ1) is 16.9. The van der Waals surface area contributed by atoms with Crippen LogP contribution in [0.1, 0.15) is 38.0 Å². The number of hydrogen-bond donors (Lipinski definition) is 2. The average molecular weight is 498 g/mol. The van der Waals surface area contributed by atoms with Gasteiger partial charge < -0.3 is 20.3 Å². The molecule has 1 unspecified atom stereocenters. The summed E-state index contributed by atoms with van der Waals surface area (Å²) in [6.45, 7) is 1.03. The molecule has 1 aliphatic heterocycles. The number of benzene rings is 2. The van der Waals surface area contributed by atoms with E-state index in [4.69, 9.17) is 4.74 Å². The van der Waals surface area contributed by atoms with Crippen molar-refractivity contribution < 1.29 is 23.5 Å². The van der Waals surface area contributed by atoms with Crippen LogP contribution in [0, 0.1) is 11.7 Å². The van der Waals surface area contributed by atoms with Gasteiger partial charge in [0.25, 0.3) is 11.8 Å². The van der Waals surface area contributed by atoms with Crippen molar-refractivity contribution in [2.24, 2.45) is 5.92 Å². The third-order valence-electron chi connectivity index (χ3n) is 5.61. The molecule has 4 rings (SSSR count). The quantitative estimate of drug-likeness (QED) is 0.519. The van der Waals surface area contributed by atoms with Crippen molar-refractivity contribution in [2.45, 2.75) is 19.4 Å². The molecule has 9 nitrogen and oxygen atoms in total. The molecule has 1 saturated heterocycles. The number of methoxy groups -OCH3 is 1. The number of piperidine rings is 1. The van der Waals surface area contributed by atoms with Crippen molar-refractivity contribution in [3.05, 3.63) is 69.9 Å². The SMILES string of the molecule is COc1ccc(NC(=O)c2nnc(C(=O)N3CCCC(C(=O)NCc4ccc(F)cc4)C3)s2)cc1. The van der Waals surface area contributed by atoms with E-state index in [2.05, 4.69) is 20.8 Å². The Morgan fingerprint density at radius 3 is 2.51 bits per heavy atom. The van der Waals surface area contributed by atoms with Gasteiger partial charge in [0.1, 0.15) is 11.6 Å². The van der Waals surface area contributed by atoms with Crippen LogP contribution in [0.4, 0.5) is 10.1 Å². The van der Waals surface area contributed by atoms with Crippen LogP contribution in [0.25, 0.3) is 0 Å². The topological polar surface area (TPSA) is 114 Å². The second kappa shape index (κ2) is 11.0. The molecule has 35 heavy (non-hydrogen) atoms. The molecule has 3 amide bonds. The second-order valence-electron chi connectivity index (χ2n) is 8.03. The standard InChI is InChI=1S/C24H24FN5O4S/c1-34-19-10-8-18(9-11-19)27-21(32)22-28-29-23(35-22)24(33)30-12-2-3-16(14-30)20(31)26-13-15-4-6-17(25)7-5-15/h4-11,16H,2-3,12-14H2,1H3,(H,26,31)(H,27,32). The molecular formula is C24H24FN5O4S. The highest BCUT2D eigenvalue weighted by Gasteiger charge is 2.30. The van der Waals surface area contributed by atoms with E-state index < -0.39 is 5.91 Å². The summed E-state index contributed by atoms with van der Waals surface area (Å²) in [6.07, 6.45) is 1.33. The van der Waals surface area contributed by atoms with E-state index in [0.717, 1.165) is 16.9 Å². The summed E-state index contributed by atoms with van der Waals surface area (Å²) >= 11 is 0.907. The molecule has 1 fully saturated rings. The van der Waals surface area contributed by atoms with E-state index in [9.17, 15) is 18.8 Å². The van der Waals surface area contributed by atoms with Crippen LogP contribution in [-0.4, -0.2) is 53.0 Å². The average Bonchev–Trinajstić information content (AvgIpc) is 3.39. The zero-order valence-corrected chi connectivity index (χ0v) is 19.8. The maximum Gasteiger partial charge on any atom is 0.286 e. The van der Waals surface area contributed by atoms with Gasteiger partial charge in [0.15, 0.2) is 0 Å². The minimum absolute atomic E-state index is 0.0646. The number of amides is 3. The van der Waals surface area contributed by atoms with Crippen molar-refractivity contribution in [3.8, 4) is 5.75 Å². The Hall–Kier alpha value is -3.86. The van der Waals surface area contributed by atoms with Crippen molar-refractivity contribution in [2.75, 3.05) is 25.5 Å². The number of anilines is 1. The zero-order chi connectivity index (χ0) is 24.8. The molecule has 3 aromatic rings. The Labute approximate surface area is 205 Å². The molecule has 0 radical (unpaired) electrons. The Bertz CT molecular complexity index is 1200. The lowest BCUT2D eigenvalue weighted by atomic mass is 9.97. The number of ether oxygens (including phenoxy) is 1. The van der Waals surface area contributed by atoms with E-state index in [1.807, 2.05) is 0 Å². The highest BCUT2D eigenvalue weighted by atomic mass is 32.1. The van der Waals surface area contributed by atoms with Gasteiger partial charge in [0.05, 0.1) is 13.0 Å². The molecule has 0 bridgehead atoms. The molecule has 182 valence electrons. The highest BCUT2D eigenvalue weighted by Crippen LogP contribution is 2.22.